The van der Waals surface area contributed by atoms with Gasteiger partial charge in [-0.2, -0.15) is 0 Å². The Morgan fingerprint density at radius 2 is 1.36 bits per heavy atom. The highest BCUT2D eigenvalue weighted by atomic mass is 127. The van der Waals surface area contributed by atoms with Crippen LogP contribution in [0.15, 0.2) is 97.1 Å². The van der Waals surface area contributed by atoms with Gasteiger partial charge >= 0.3 is 0 Å². The van der Waals surface area contributed by atoms with E-state index in [1.54, 1.807) is 6.08 Å². The number of terminal acetylenes is 1. The first kappa shape index (κ1) is 22.9. The molecule has 0 spiro atoms. The lowest BCUT2D eigenvalue weighted by atomic mass is 9.99. The number of aryl methyl sites for hydroxylation is 1. The van der Waals surface area contributed by atoms with E-state index in [1.807, 2.05) is 11.3 Å². The van der Waals surface area contributed by atoms with Gasteiger partial charge in [-0.15, -0.1) is 17.8 Å². The molecule has 0 N–H and O–H groups in total. The van der Waals surface area contributed by atoms with Crippen LogP contribution in [-0.2, 0) is 0 Å². The monoisotopic (exact) mass is 628 g/mol. The van der Waals surface area contributed by atoms with Gasteiger partial charge in [0, 0.05) is 53.0 Å². The maximum Gasteiger partial charge on any atom is 0.0676 e. The number of aromatic nitrogens is 2. The Morgan fingerprint density at radius 3 is 2.10 bits per heavy atom. The standard InChI is InChI=1S/C35H21IN2S/c1-3-4-11-23-21(2)39-31-20-22(18-19-24(23)31)37-29-16-9-7-14-27(29)32-33-28-15-8-10-17-30(28)38(36)35(33)26-13-6-5-12-25(26)34(32)37/h1,4-20H,2H3/b11-4-. The molecule has 3 heterocycles. The Bertz CT molecular complexity index is 2370. The molecule has 2 nitrogen and oxygen atoms in total. The second kappa shape index (κ2) is 8.47. The summed E-state index contributed by atoms with van der Waals surface area (Å²) in [5, 5.41) is 8.96. The van der Waals surface area contributed by atoms with Gasteiger partial charge in [0.2, 0.25) is 0 Å². The Morgan fingerprint density at radius 1 is 0.744 bits per heavy atom. The van der Waals surface area contributed by atoms with Gasteiger partial charge in [-0.25, -0.2) is 0 Å². The highest BCUT2D eigenvalue weighted by molar-refractivity contribution is 14.1. The first-order valence-corrected chi connectivity index (χ1v) is 14.6. The van der Waals surface area contributed by atoms with E-state index in [0.717, 1.165) is 0 Å². The Balaban J connectivity index is 1.60. The molecule has 0 unspecified atom stereocenters. The summed E-state index contributed by atoms with van der Waals surface area (Å²) in [5.41, 5.74) is 7.37. The number of para-hydroxylation sites is 2. The lowest BCUT2D eigenvalue weighted by Gasteiger charge is -2.12. The van der Waals surface area contributed by atoms with Crippen LogP contribution < -0.4 is 0 Å². The fourth-order valence-corrected chi connectivity index (χ4v) is 8.32. The zero-order valence-corrected chi connectivity index (χ0v) is 24.0. The summed E-state index contributed by atoms with van der Waals surface area (Å²) in [4.78, 5) is 1.28. The van der Waals surface area contributed by atoms with E-state index in [2.05, 4.69) is 140 Å². The quantitative estimate of drug-likeness (QED) is 0.133. The van der Waals surface area contributed by atoms with Crippen LogP contribution in [0.3, 0.4) is 0 Å². The van der Waals surface area contributed by atoms with Crippen molar-refractivity contribution in [2.75, 3.05) is 0 Å². The molecule has 39 heavy (non-hydrogen) atoms. The van der Waals surface area contributed by atoms with E-state index in [-0.39, 0.29) is 0 Å². The lowest BCUT2D eigenvalue weighted by Crippen LogP contribution is -1.94. The van der Waals surface area contributed by atoms with E-state index >= 15 is 0 Å². The molecule has 0 saturated carbocycles. The number of allylic oxidation sites excluding steroid dienone is 1. The normalized spacial score (nSPS) is 12.2. The largest absolute Gasteiger partial charge is 0.309 e. The predicted molar refractivity (Wildman–Crippen MR) is 179 cm³/mol. The summed E-state index contributed by atoms with van der Waals surface area (Å²) >= 11 is 4.30. The van der Waals surface area contributed by atoms with Gasteiger partial charge in [-0.3, -0.25) is 2.78 Å². The van der Waals surface area contributed by atoms with E-state index in [0.29, 0.717) is 0 Å². The van der Waals surface area contributed by atoms with Crippen molar-refractivity contribution in [3.8, 4) is 18.0 Å². The molecule has 0 amide bonds. The van der Waals surface area contributed by atoms with Crippen molar-refractivity contribution in [3.05, 3.63) is 108 Å². The first-order valence-electron chi connectivity index (χ1n) is 12.9. The van der Waals surface area contributed by atoms with Gasteiger partial charge in [-0.1, -0.05) is 72.7 Å². The highest BCUT2D eigenvalue weighted by Gasteiger charge is 2.23. The minimum atomic E-state index is 1.17. The SMILES string of the molecule is C#C/C=C\c1c(C)sc2cc(-n3c4ccccc4c4c5c6ccccc6n(I)c5c5ccccc5c43)ccc12. The Hall–Kier alpha value is -4.05. The van der Waals surface area contributed by atoms with E-state index in [1.165, 1.54) is 80.6 Å². The molecule has 0 fully saturated rings. The van der Waals surface area contributed by atoms with Crippen LogP contribution in [0.5, 0.6) is 0 Å². The number of hydrogen-bond donors (Lipinski definition) is 0. The summed E-state index contributed by atoms with van der Waals surface area (Å²) in [6.07, 6.45) is 9.36. The molecule has 4 heteroatoms. The number of fused-ring (bicyclic) bond motifs is 11. The van der Waals surface area contributed by atoms with Crippen molar-refractivity contribution in [1.82, 2.24) is 7.35 Å². The van der Waals surface area contributed by atoms with Gasteiger partial charge < -0.3 is 4.57 Å². The van der Waals surface area contributed by atoms with E-state index in [4.69, 9.17) is 6.42 Å². The van der Waals surface area contributed by atoms with Crippen LogP contribution in [0.25, 0.3) is 76.2 Å². The minimum Gasteiger partial charge on any atom is -0.309 e. The molecular weight excluding hydrogens is 607 g/mol. The molecule has 0 atom stereocenters. The third-order valence-corrected chi connectivity index (χ3v) is 9.97. The zero-order chi connectivity index (χ0) is 26.2. The van der Waals surface area contributed by atoms with Crippen LogP contribution in [0.2, 0.25) is 0 Å². The smallest absolute Gasteiger partial charge is 0.0676 e. The second-order valence-electron chi connectivity index (χ2n) is 9.90. The summed E-state index contributed by atoms with van der Waals surface area (Å²) < 4.78 is 6.07. The predicted octanol–water partition coefficient (Wildman–Crippen LogP) is 10.4. The van der Waals surface area contributed by atoms with E-state index in [9.17, 15) is 0 Å². The van der Waals surface area contributed by atoms with Crippen LogP contribution in [0.1, 0.15) is 10.4 Å². The van der Waals surface area contributed by atoms with E-state index < -0.39 is 0 Å². The number of halogens is 1. The van der Waals surface area contributed by atoms with Crippen LogP contribution in [-0.4, -0.2) is 7.35 Å². The van der Waals surface area contributed by atoms with Crippen molar-refractivity contribution in [2.24, 2.45) is 0 Å². The molecule has 8 aromatic rings. The van der Waals surface area contributed by atoms with Crippen LogP contribution >= 0.6 is 34.2 Å². The summed E-state index contributed by atoms with van der Waals surface area (Å²) in [7, 11) is 0. The van der Waals surface area contributed by atoms with Crippen molar-refractivity contribution < 1.29 is 0 Å². The maximum absolute atomic E-state index is 5.52. The molecule has 0 aliphatic heterocycles. The number of thiophene rings is 1. The van der Waals surface area contributed by atoms with Crippen LogP contribution in [0.4, 0.5) is 0 Å². The summed E-state index contributed by atoms with van der Waals surface area (Å²) in [6.45, 7) is 2.17. The van der Waals surface area contributed by atoms with Gasteiger partial charge in [0.25, 0.3) is 0 Å². The lowest BCUT2D eigenvalue weighted by molar-refractivity contribution is 1.19. The third kappa shape index (κ3) is 3.09. The van der Waals surface area contributed by atoms with Gasteiger partial charge in [-0.05, 0) is 48.9 Å². The molecule has 0 radical (unpaired) electrons. The van der Waals surface area contributed by atoms with Crippen LogP contribution in [0, 0.1) is 19.3 Å². The number of nitrogens with zero attached hydrogens (tertiary/aromatic N) is 2. The molecule has 8 rings (SSSR count). The average Bonchev–Trinajstić information content (AvgIpc) is 3.58. The second-order valence-corrected chi connectivity index (χ2v) is 12.1. The highest BCUT2D eigenvalue weighted by Crippen LogP contribution is 2.46. The molecule has 0 saturated heterocycles. The van der Waals surface area contributed by atoms with Gasteiger partial charge in [0.15, 0.2) is 0 Å². The third-order valence-electron chi connectivity index (χ3n) is 7.88. The van der Waals surface area contributed by atoms with Crippen molar-refractivity contribution in [3.63, 3.8) is 0 Å². The van der Waals surface area contributed by atoms with Gasteiger partial charge in [0.05, 0.1) is 44.9 Å². The molecule has 5 aromatic carbocycles. The zero-order valence-electron chi connectivity index (χ0n) is 21.1. The fourth-order valence-electron chi connectivity index (χ4n) is 6.31. The molecule has 184 valence electrons. The maximum atomic E-state index is 5.52. The Labute approximate surface area is 243 Å². The minimum absolute atomic E-state index is 1.17. The number of benzene rings is 5. The first-order chi connectivity index (χ1) is 19.2. The molecule has 0 aliphatic carbocycles. The van der Waals surface area contributed by atoms with Crippen molar-refractivity contribution in [1.29, 1.82) is 0 Å². The summed E-state index contributed by atoms with van der Waals surface area (Å²) in [5.74, 6) is 2.64. The number of rotatable bonds is 2. The number of hydrogen-bond acceptors (Lipinski definition) is 1. The molecule has 0 bridgehead atoms. The molecular formula is C35H21IN2S. The van der Waals surface area contributed by atoms with Gasteiger partial charge in [0.1, 0.15) is 0 Å². The Kier molecular flexibility index (Phi) is 4.97. The van der Waals surface area contributed by atoms with Crippen molar-refractivity contribution >= 4 is 105 Å². The van der Waals surface area contributed by atoms with Crippen molar-refractivity contribution in [2.45, 2.75) is 6.92 Å². The molecule has 3 aromatic heterocycles. The average molecular weight is 629 g/mol. The fraction of sp³-hybridized carbons (Fsp3) is 0.0286. The summed E-state index contributed by atoms with van der Waals surface area (Å²) in [6, 6.07) is 33.3. The molecule has 0 aliphatic rings. The topological polar surface area (TPSA) is 9.86 Å².